The minimum Gasteiger partial charge on any atom is -0.496 e. The number of aromatic nitrogens is 2. The van der Waals surface area contributed by atoms with E-state index >= 15 is 0 Å². The van der Waals surface area contributed by atoms with E-state index in [4.69, 9.17) is 4.74 Å². The van der Waals surface area contributed by atoms with E-state index in [1.165, 1.54) is 5.56 Å². The van der Waals surface area contributed by atoms with Crippen LogP contribution >= 0.6 is 0 Å². The molecule has 1 aromatic carbocycles. The zero-order valence-corrected chi connectivity index (χ0v) is 8.97. The van der Waals surface area contributed by atoms with E-state index in [1.54, 1.807) is 7.11 Å². The summed E-state index contributed by atoms with van der Waals surface area (Å²) in [5.74, 6) is 0.908. The maximum Gasteiger partial charge on any atom is 0.123 e. The third-order valence-electron chi connectivity index (χ3n) is 2.29. The second-order valence-electron chi connectivity index (χ2n) is 3.53. The van der Waals surface area contributed by atoms with Gasteiger partial charge in [-0.2, -0.15) is 5.10 Å². The zero-order valence-electron chi connectivity index (χ0n) is 8.97. The molecule has 0 aliphatic carbocycles. The van der Waals surface area contributed by atoms with Crippen LogP contribution in [0.2, 0.25) is 0 Å². The summed E-state index contributed by atoms with van der Waals surface area (Å²) < 4.78 is 7.19. The van der Waals surface area contributed by atoms with Crippen LogP contribution in [-0.4, -0.2) is 16.9 Å². The smallest absolute Gasteiger partial charge is 0.123 e. The molecule has 1 aromatic heterocycles. The number of para-hydroxylation sites is 1. The fourth-order valence-electron chi connectivity index (χ4n) is 1.56. The number of nitrogens with zero attached hydrogens (tertiary/aromatic N) is 2. The van der Waals surface area contributed by atoms with Crippen molar-refractivity contribution in [3.05, 3.63) is 47.8 Å². The summed E-state index contributed by atoms with van der Waals surface area (Å²) in [6, 6.07) is 7.99. The van der Waals surface area contributed by atoms with Crippen LogP contribution in [0.3, 0.4) is 0 Å². The quantitative estimate of drug-likeness (QED) is 0.763. The van der Waals surface area contributed by atoms with Gasteiger partial charge in [-0.3, -0.25) is 4.68 Å². The highest BCUT2D eigenvalue weighted by Crippen LogP contribution is 2.18. The summed E-state index contributed by atoms with van der Waals surface area (Å²) in [5, 5.41) is 4.25. The summed E-state index contributed by atoms with van der Waals surface area (Å²) in [4.78, 5) is 0. The SMILES string of the molecule is COc1ccccc1Cn1cc(C)cn1. The summed E-state index contributed by atoms with van der Waals surface area (Å²) in [5.41, 5.74) is 2.31. The molecular weight excluding hydrogens is 188 g/mol. The molecule has 0 bridgehead atoms. The van der Waals surface area contributed by atoms with E-state index in [0.717, 1.165) is 17.9 Å². The maximum absolute atomic E-state index is 5.28. The number of methoxy groups -OCH3 is 1. The predicted molar refractivity (Wildman–Crippen MR) is 59.1 cm³/mol. The Balaban J connectivity index is 2.23. The highest BCUT2D eigenvalue weighted by molar-refractivity contribution is 5.33. The number of hydrogen-bond donors (Lipinski definition) is 0. The van der Waals surface area contributed by atoms with Crippen molar-refractivity contribution >= 4 is 0 Å². The van der Waals surface area contributed by atoms with Gasteiger partial charge in [0, 0.05) is 11.8 Å². The Morgan fingerprint density at radius 1 is 1.33 bits per heavy atom. The highest BCUT2D eigenvalue weighted by Gasteiger charge is 2.02. The number of aryl methyl sites for hydroxylation is 1. The molecule has 3 nitrogen and oxygen atoms in total. The molecule has 0 amide bonds. The Kier molecular flexibility index (Phi) is 2.72. The van der Waals surface area contributed by atoms with Crippen LogP contribution in [0.4, 0.5) is 0 Å². The molecule has 0 aliphatic rings. The van der Waals surface area contributed by atoms with Gasteiger partial charge in [0.05, 0.1) is 19.9 Å². The first-order chi connectivity index (χ1) is 7.29. The van der Waals surface area contributed by atoms with E-state index in [-0.39, 0.29) is 0 Å². The normalized spacial score (nSPS) is 10.3. The lowest BCUT2D eigenvalue weighted by molar-refractivity contribution is 0.407. The standard InChI is InChI=1S/C12H14N2O/c1-10-7-13-14(8-10)9-11-5-3-4-6-12(11)15-2/h3-8H,9H2,1-2H3. The second-order valence-corrected chi connectivity index (χ2v) is 3.53. The van der Waals surface area contributed by atoms with Crippen LogP contribution in [0.5, 0.6) is 5.75 Å². The molecule has 0 saturated heterocycles. The molecule has 0 unspecified atom stereocenters. The molecule has 78 valence electrons. The van der Waals surface area contributed by atoms with Gasteiger partial charge in [-0.25, -0.2) is 0 Å². The van der Waals surface area contributed by atoms with E-state index in [2.05, 4.69) is 11.2 Å². The van der Waals surface area contributed by atoms with E-state index in [9.17, 15) is 0 Å². The molecule has 0 radical (unpaired) electrons. The van der Waals surface area contributed by atoms with Crippen molar-refractivity contribution in [2.75, 3.05) is 7.11 Å². The lowest BCUT2D eigenvalue weighted by Gasteiger charge is -2.07. The van der Waals surface area contributed by atoms with Crippen LogP contribution in [0.25, 0.3) is 0 Å². The van der Waals surface area contributed by atoms with Crippen molar-refractivity contribution in [1.82, 2.24) is 9.78 Å². The van der Waals surface area contributed by atoms with Crippen molar-refractivity contribution in [1.29, 1.82) is 0 Å². The molecule has 1 heterocycles. The third kappa shape index (κ3) is 2.18. The molecule has 2 aromatic rings. The molecule has 0 aliphatic heterocycles. The molecular formula is C12H14N2O. The molecule has 0 atom stereocenters. The van der Waals surface area contributed by atoms with Crippen molar-refractivity contribution in [2.45, 2.75) is 13.5 Å². The Labute approximate surface area is 89.3 Å². The second kappa shape index (κ2) is 4.17. The van der Waals surface area contributed by atoms with Gasteiger partial charge in [-0.05, 0) is 18.6 Å². The summed E-state index contributed by atoms with van der Waals surface area (Å²) >= 11 is 0. The van der Waals surface area contributed by atoms with Gasteiger partial charge in [0.25, 0.3) is 0 Å². The maximum atomic E-state index is 5.28. The minimum absolute atomic E-state index is 0.748. The Hall–Kier alpha value is -1.77. The molecule has 0 N–H and O–H groups in total. The van der Waals surface area contributed by atoms with Crippen LogP contribution in [0.15, 0.2) is 36.7 Å². The van der Waals surface area contributed by atoms with E-state index < -0.39 is 0 Å². The Morgan fingerprint density at radius 3 is 2.80 bits per heavy atom. The lowest BCUT2D eigenvalue weighted by atomic mass is 10.2. The van der Waals surface area contributed by atoms with Gasteiger partial charge in [0.2, 0.25) is 0 Å². The lowest BCUT2D eigenvalue weighted by Crippen LogP contribution is -2.01. The van der Waals surface area contributed by atoms with E-state index in [1.807, 2.05) is 42.2 Å². The summed E-state index contributed by atoms with van der Waals surface area (Å²) in [6.45, 7) is 2.78. The summed E-state index contributed by atoms with van der Waals surface area (Å²) in [6.07, 6.45) is 3.88. The first-order valence-electron chi connectivity index (χ1n) is 4.90. The van der Waals surface area contributed by atoms with Gasteiger partial charge in [-0.1, -0.05) is 18.2 Å². The van der Waals surface area contributed by atoms with Gasteiger partial charge in [0.15, 0.2) is 0 Å². The molecule has 15 heavy (non-hydrogen) atoms. The minimum atomic E-state index is 0.748. The van der Waals surface area contributed by atoms with Crippen molar-refractivity contribution in [3.63, 3.8) is 0 Å². The topological polar surface area (TPSA) is 27.1 Å². The van der Waals surface area contributed by atoms with Crippen LogP contribution in [0.1, 0.15) is 11.1 Å². The summed E-state index contributed by atoms with van der Waals surface area (Å²) in [7, 11) is 1.69. The first kappa shape index (κ1) is 9.77. The van der Waals surface area contributed by atoms with Gasteiger partial charge >= 0.3 is 0 Å². The molecule has 3 heteroatoms. The first-order valence-corrected chi connectivity index (χ1v) is 4.90. The van der Waals surface area contributed by atoms with E-state index in [0.29, 0.717) is 0 Å². The van der Waals surface area contributed by atoms with Gasteiger partial charge in [0.1, 0.15) is 5.75 Å². The average molecular weight is 202 g/mol. The van der Waals surface area contributed by atoms with Crippen LogP contribution < -0.4 is 4.74 Å². The number of benzene rings is 1. The van der Waals surface area contributed by atoms with Crippen molar-refractivity contribution in [3.8, 4) is 5.75 Å². The number of ether oxygens (including phenoxy) is 1. The third-order valence-corrected chi connectivity index (χ3v) is 2.29. The molecule has 0 saturated carbocycles. The molecule has 2 rings (SSSR count). The fraction of sp³-hybridized carbons (Fsp3) is 0.250. The monoisotopic (exact) mass is 202 g/mol. The van der Waals surface area contributed by atoms with Gasteiger partial charge in [-0.15, -0.1) is 0 Å². The van der Waals surface area contributed by atoms with Crippen LogP contribution in [0, 0.1) is 6.92 Å². The van der Waals surface area contributed by atoms with Crippen molar-refractivity contribution < 1.29 is 4.74 Å². The zero-order chi connectivity index (χ0) is 10.7. The number of hydrogen-bond acceptors (Lipinski definition) is 2. The molecule has 0 spiro atoms. The Morgan fingerprint density at radius 2 is 2.13 bits per heavy atom. The molecule has 0 fully saturated rings. The van der Waals surface area contributed by atoms with Crippen molar-refractivity contribution in [2.24, 2.45) is 0 Å². The number of rotatable bonds is 3. The average Bonchev–Trinajstić information content (AvgIpc) is 2.65. The largest absolute Gasteiger partial charge is 0.496 e. The predicted octanol–water partition coefficient (Wildman–Crippen LogP) is 2.25. The Bertz CT molecular complexity index is 448. The van der Waals surface area contributed by atoms with Crippen LogP contribution in [-0.2, 0) is 6.54 Å². The van der Waals surface area contributed by atoms with Gasteiger partial charge < -0.3 is 4.74 Å². The highest BCUT2D eigenvalue weighted by atomic mass is 16.5. The fourth-order valence-corrected chi connectivity index (χ4v) is 1.56.